The predicted octanol–water partition coefficient (Wildman–Crippen LogP) is 3.34. The molecule has 128 valence electrons. The summed E-state index contributed by atoms with van der Waals surface area (Å²) in [6.45, 7) is 4.10. The minimum absolute atomic E-state index is 0.196. The summed E-state index contributed by atoms with van der Waals surface area (Å²) in [6, 6.07) is 9.33. The second kappa shape index (κ2) is 6.20. The van der Waals surface area contributed by atoms with Crippen LogP contribution in [0.15, 0.2) is 47.0 Å². The Kier molecular flexibility index (Phi) is 3.87. The van der Waals surface area contributed by atoms with E-state index in [1.807, 2.05) is 47.9 Å². The van der Waals surface area contributed by atoms with Crippen molar-refractivity contribution in [3.05, 3.63) is 59.9 Å². The Balaban J connectivity index is 1.40. The van der Waals surface area contributed by atoms with Crippen molar-refractivity contribution in [3.63, 3.8) is 0 Å². The first-order valence-corrected chi connectivity index (χ1v) is 8.50. The summed E-state index contributed by atoms with van der Waals surface area (Å²) in [7, 11) is 0. The van der Waals surface area contributed by atoms with Crippen molar-refractivity contribution in [2.75, 3.05) is 0 Å². The Labute approximate surface area is 145 Å². The third kappa shape index (κ3) is 3.20. The van der Waals surface area contributed by atoms with E-state index in [1.54, 1.807) is 6.08 Å². The van der Waals surface area contributed by atoms with Gasteiger partial charge in [-0.2, -0.15) is 0 Å². The van der Waals surface area contributed by atoms with Gasteiger partial charge in [-0.15, -0.1) is 10.2 Å². The molecule has 1 aliphatic carbocycles. The second-order valence-electron chi connectivity index (χ2n) is 6.61. The van der Waals surface area contributed by atoms with Crippen molar-refractivity contribution in [2.45, 2.75) is 32.2 Å². The predicted molar refractivity (Wildman–Crippen MR) is 93.8 cm³/mol. The van der Waals surface area contributed by atoms with Crippen LogP contribution in [-0.4, -0.2) is 20.5 Å². The van der Waals surface area contributed by atoms with E-state index in [2.05, 4.69) is 22.4 Å². The molecule has 0 unspecified atom stereocenters. The highest BCUT2D eigenvalue weighted by Gasteiger charge is 2.36. The van der Waals surface area contributed by atoms with E-state index in [1.165, 1.54) is 12.5 Å². The summed E-state index contributed by atoms with van der Waals surface area (Å²) < 4.78 is 7.64. The molecule has 6 nitrogen and oxygen atoms in total. The SMILES string of the molecule is C[C@H](NC(=O)/C=C/c1ccc([C@@H]2C[C@H]2C)o1)c1nnc2ccccn12. The van der Waals surface area contributed by atoms with Crippen LogP contribution >= 0.6 is 0 Å². The summed E-state index contributed by atoms with van der Waals surface area (Å²) in [6.07, 6.45) is 6.24. The molecule has 3 heterocycles. The third-order valence-electron chi connectivity index (χ3n) is 4.61. The third-order valence-corrected chi connectivity index (χ3v) is 4.61. The van der Waals surface area contributed by atoms with Crippen molar-refractivity contribution < 1.29 is 9.21 Å². The fourth-order valence-electron chi connectivity index (χ4n) is 3.01. The fraction of sp³-hybridized carbons (Fsp3) is 0.316. The first-order valence-electron chi connectivity index (χ1n) is 8.50. The maximum absolute atomic E-state index is 12.2. The van der Waals surface area contributed by atoms with Gasteiger partial charge in [-0.3, -0.25) is 9.20 Å². The molecule has 3 atom stereocenters. The standard InChI is InChI=1S/C19H20N4O2/c1-12-11-15(12)16-8-6-14(25-16)7-9-18(24)20-13(2)19-22-21-17-5-3-4-10-23(17)19/h3-10,12-13,15H,11H2,1-2H3,(H,20,24)/b9-7+/t12-,13+,15-/m1/s1. The molecule has 1 saturated carbocycles. The lowest BCUT2D eigenvalue weighted by atomic mass is 10.3. The zero-order valence-corrected chi connectivity index (χ0v) is 14.2. The van der Waals surface area contributed by atoms with Crippen LogP contribution in [0.5, 0.6) is 0 Å². The highest BCUT2D eigenvalue weighted by Crippen LogP contribution is 2.47. The van der Waals surface area contributed by atoms with Crippen LogP contribution in [0, 0.1) is 5.92 Å². The van der Waals surface area contributed by atoms with E-state index in [0.717, 1.165) is 11.4 Å². The molecule has 4 rings (SSSR count). The van der Waals surface area contributed by atoms with Crippen molar-refractivity contribution in [3.8, 4) is 0 Å². The minimum atomic E-state index is -0.256. The molecule has 1 aliphatic rings. The van der Waals surface area contributed by atoms with Gasteiger partial charge >= 0.3 is 0 Å². The topological polar surface area (TPSA) is 72.4 Å². The maximum Gasteiger partial charge on any atom is 0.244 e. The average molecular weight is 336 g/mol. The molecule has 0 bridgehead atoms. The summed E-state index contributed by atoms with van der Waals surface area (Å²) in [5.41, 5.74) is 0.756. The molecule has 3 aromatic heterocycles. The number of hydrogen-bond donors (Lipinski definition) is 1. The smallest absolute Gasteiger partial charge is 0.244 e. The molecule has 0 spiro atoms. The van der Waals surface area contributed by atoms with Gasteiger partial charge in [0.25, 0.3) is 0 Å². The zero-order valence-electron chi connectivity index (χ0n) is 14.2. The molecule has 3 aromatic rings. The maximum atomic E-state index is 12.2. The van der Waals surface area contributed by atoms with Gasteiger partial charge in [-0.05, 0) is 49.6 Å². The molecule has 6 heteroatoms. The molecular weight excluding hydrogens is 316 g/mol. The highest BCUT2D eigenvalue weighted by molar-refractivity contribution is 5.91. The van der Waals surface area contributed by atoms with Gasteiger partial charge in [-0.1, -0.05) is 13.0 Å². The number of fused-ring (bicyclic) bond motifs is 1. The first-order chi connectivity index (χ1) is 12.1. The van der Waals surface area contributed by atoms with E-state index in [4.69, 9.17) is 4.42 Å². The average Bonchev–Trinajstić information content (AvgIpc) is 3.04. The van der Waals surface area contributed by atoms with E-state index in [0.29, 0.717) is 23.4 Å². The summed E-state index contributed by atoms with van der Waals surface area (Å²) >= 11 is 0. The summed E-state index contributed by atoms with van der Waals surface area (Å²) in [5, 5.41) is 11.2. The van der Waals surface area contributed by atoms with Gasteiger partial charge in [0, 0.05) is 18.2 Å². The number of aromatic nitrogens is 3. The molecule has 0 saturated heterocycles. The monoisotopic (exact) mass is 336 g/mol. The molecule has 1 amide bonds. The van der Waals surface area contributed by atoms with Gasteiger partial charge in [0.15, 0.2) is 11.5 Å². The minimum Gasteiger partial charge on any atom is -0.461 e. The van der Waals surface area contributed by atoms with Crippen LogP contribution in [0.1, 0.15) is 49.6 Å². The number of nitrogens with zero attached hydrogens (tertiary/aromatic N) is 3. The Morgan fingerprint density at radius 2 is 2.20 bits per heavy atom. The molecular formula is C19H20N4O2. The lowest BCUT2D eigenvalue weighted by molar-refractivity contribution is -0.117. The largest absolute Gasteiger partial charge is 0.461 e. The number of pyridine rings is 1. The van der Waals surface area contributed by atoms with Gasteiger partial charge in [0.2, 0.25) is 5.91 Å². The molecule has 1 N–H and O–H groups in total. The van der Waals surface area contributed by atoms with Crippen LogP contribution in [0.4, 0.5) is 0 Å². The number of hydrogen-bond acceptors (Lipinski definition) is 4. The van der Waals surface area contributed by atoms with Crippen LogP contribution in [0.25, 0.3) is 11.7 Å². The number of nitrogens with one attached hydrogen (secondary N) is 1. The lowest BCUT2D eigenvalue weighted by Gasteiger charge is -2.10. The van der Waals surface area contributed by atoms with Gasteiger partial charge in [-0.25, -0.2) is 0 Å². The molecule has 0 aromatic carbocycles. The first kappa shape index (κ1) is 15.6. The van der Waals surface area contributed by atoms with Crippen LogP contribution in [0.2, 0.25) is 0 Å². The van der Waals surface area contributed by atoms with Crippen LogP contribution in [0.3, 0.4) is 0 Å². The van der Waals surface area contributed by atoms with Crippen molar-refractivity contribution in [1.82, 2.24) is 19.9 Å². The second-order valence-corrected chi connectivity index (χ2v) is 6.61. The van der Waals surface area contributed by atoms with E-state index < -0.39 is 0 Å². The van der Waals surface area contributed by atoms with Gasteiger partial charge in [0.1, 0.15) is 11.5 Å². The molecule has 25 heavy (non-hydrogen) atoms. The number of rotatable bonds is 5. The van der Waals surface area contributed by atoms with E-state index in [-0.39, 0.29) is 11.9 Å². The quantitative estimate of drug-likeness (QED) is 0.725. The molecule has 1 fully saturated rings. The van der Waals surface area contributed by atoms with Gasteiger partial charge < -0.3 is 9.73 Å². The van der Waals surface area contributed by atoms with Gasteiger partial charge in [0.05, 0.1) is 6.04 Å². The normalized spacial score (nSPS) is 20.9. The highest BCUT2D eigenvalue weighted by atomic mass is 16.3. The number of furan rings is 1. The molecule has 0 aliphatic heterocycles. The lowest BCUT2D eigenvalue weighted by Crippen LogP contribution is -2.26. The Hall–Kier alpha value is -2.89. The summed E-state index contributed by atoms with van der Waals surface area (Å²) in [4.78, 5) is 12.2. The van der Waals surface area contributed by atoms with E-state index >= 15 is 0 Å². The Morgan fingerprint density at radius 1 is 1.36 bits per heavy atom. The van der Waals surface area contributed by atoms with E-state index in [9.17, 15) is 4.79 Å². The number of carbonyl (C=O) groups excluding carboxylic acids is 1. The Morgan fingerprint density at radius 3 is 3.00 bits per heavy atom. The number of carbonyl (C=O) groups is 1. The molecule has 0 radical (unpaired) electrons. The summed E-state index contributed by atoms with van der Waals surface area (Å²) in [5.74, 6) is 3.45. The zero-order chi connectivity index (χ0) is 17.4. The Bertz CT molecular complexity index is 940. The van der Waals surface area contributed by atoms with Crippen molar-refractivity contribution in [1.29, 1.82) is 0 Å². The van der Waals surface area contributed by atoms with Crippen molar-refractivity contribution in [2.24, 2.45) is 5.92 Å². The van der Waals surface area contributed by atoms with Crippen LogP contribution in [-0.2, 0) is 4.79 Å². The van der Waals surface area contributed by atoms with Crippen LogP contribution < -0.4 is 5.32 Å². The fourth-order valence-corrected chi connectivity index (χ4v) is 3.01. The number of amides is 1. The van der Waals surface area contributed by atoms with Crippen molar-refractivity contribution >= 4 is 17.6 Å².